The van der Waals surface area contributed by atoms with Crippen LogP contribution in [0.15, 0.2) is 18.2 Å². The van der Waals surface area contributed by atoms with Crippen LogP contribution in [0.2, 0.25) is 0 Å². The minimum absolute atomic E-state index is 0.0812. The largest absolute Gasteiger partial charge is 0.508 e. The number of phenols is 1. The van der Waals surface area contributed by atoms with Gasteiger partial charge in [0.15, 0.2) is 0 Å². The number of hydrogen-bond donors (Lipinski definition) is 2. The molecule has 1 aliphatic rings. The van der Waals surface area contributed by atoms with Crippen molar-refractivity contribution in [2.75, 3.05) is 13.1 Å². The van der Waals surface area contributed by atoms with Crippen molar-refractivity contribution in [1.82, 2.24) is 4.90 Å². The van der Waals surface area contributed by atoms with E-state index in [4.69, 9.17) is 5.11 Å². The summed E-state index contributed by atoms with van der Waals surface area (Å²) in [5.41, 5.74) is 0.969. The summed E-state index contributed by atoms with van der Waals surface area (Å²) in [6.45, 7) is 2.49. The highest BCUT2D eigenvalue weighted by Crippen LogP contribution is 2.24. The Morgan fingerprint density at radius 2 is 2.11 bits per heavy atom. The van der Waals surface area contributed by atoms with Gasteiger partial charge in [-0.05, 0) is 31.9 Å². The van der Waals surface area contributed by atoms with Crippen LogP contribution in [0.4, 0.5) is 0 Å². The molecule has 2 rings (SSSR count). The fourth-order valence-electron chi connectivity index (χ4n) is 2.39. The summed E-state index contributed by atoms with van der Waals surface area (Å²) in [4.78, 5) is 24.9. The van der Waals surface area contributed by atoms with Crippen molar-refractivity contribution in [2.45, 2.75) is 19.8 Å². The monoisotopic (exact) mass is 263 g/mol. The Labute approximate surface area is 111 Å². The number of nitrogens with zero attached hydrogens (tertiary/aromatic N) is 1. The number of benzene rings is 1. The van der Waals surface area contributed by atoms with E-state index in [0.717, 1.165) is 0 Å². The Balaban J connectivity index is 2.19. The Bertz CT molecular complexity index is 512. The van der Waals surface area contributed by atoms with E-state index < -0.39 is 11.9 Å². The van der Waals surface area contributed by atoms with Crippen molar-refractivity contribution >= 4 is 11.9 Å². The maximum atomic E-state index is 12.4. The van der Waals surface area contributed by atoms with E-state index >= 15 is 0 Å². The number of phenolic OH excluding ortho intramolecular Hbond substituents is 1. The first-order valence-electron chi connectivity index (χ1n) is 6.31. The quantitative estimate of drug-likeness (QED) is 0.850. The molecule has 2 N–H and O–H groups in total. The topological polar surface area (TPSA) is 77.8 Å². The number of aromatic hydroxyl groups is 1. The zero-order valence-corrected chi connectivity index (χ0v) is 10.8. The third kappa shape index (κ3) is 2.70. The average Bonchev–Trinajstić information content (AvgIpc) is 2.41. The standard InChI is InChI=1S/C14H17NO4/c1-9-11(5-2-6-12(9)16)13(17)15-7-3-4-10(8-15)14(18)19/h2,5-6,10,16H,3-4,7-8H2,1H3,(H,18,19)/t10-/m1/s1. The van der Waals surface area contributed by atoms with Gasteiger partial charge >= 0.3 is 5.97 Å². The molecule has 0 saturated carbocycles. The molecule has 1 saturated heterocycles. The van der Waals surface area contributed by atoms with E-state index in [-0.39, 0.29) is 18.2 Å². The molecule has 0 radical (unpaired) electrons. The molecule has 0 aromatic heterocycles. The van der Waals surface area contributed by atoms with Gasteiger partial charge in [-0.2, -0.15) is 0 Å². The number of carboxylic acid groups (broad SMARTS) is 1. The normalized spacial score (nSPS) is 19.2. The second-order valence-electron chi connectivity index (χ2n) is 4.88. The summed E-state index contributed by atoms with van der Waals surface area (Å²) in [5.74, 6) is -1.47. The van der Waals surface area contributed by atoms with Gasteiger partial charge in [-0.1, -0.05) is 6.07 Å². The highest BCUT2D eigenvalue weighted by molar-refractivity contribution is 5.96. The number of aliphatic carboxylic acids is 1. The lowest BCUT2D eigenvalue weighted by Crippen LogP contribution is -2.42. The van der Waals surface area contributed by atoms with Gasteiger partial charge in [-0.3, -0.25) is 9.59 Å². The molecule has 5 heteroatoms. The van der Waals surface area contributed by atoms with Crippen LogP contribution in [0.5, 0.6) is 5.75 Å². The van der Waals surface area contributed by atoms with Gasteiger partial charge in [0.05, 0.1) is 5.92 Å². The van der Waals surface area contributed by atoms with Crippen molar-refractivity contribution in [1.29, 1.82) is 0 Å². The zero-order chi connectivity index (χ0) is 14.0. The molecule has 1 aromatic rings. The van der Waals surface area contributed by atoms with Crippen molar-refractivity contribution in [2.24, 2.45) is 5.92 Å². The Morgan fingerprint density at radius 3 is 2.79 bits per heavy atom. The number of rotatable bonds is 2. The van der Waals surface area contributed by atoms with Crippen LogP contribution in [0, 0.1) is 12.8 Å². The van der Waals surface area contributed by atoms with Crippen LogP contribution in [0.25, 0.3) is 0 Å². The number of piperidine rings is 1. The molecule has 0 spiro atoms. The highest BCUT2D eigenvalue weighted by Gasteiger charge is 2.29. The molecule has 102 valence electrons. The molecule has 1 fully saturated rings. The Morgan fingerprint density at radius 1 is 1.37 bits per heavy atom. The number of carbonyl (C=O) groups is 2. The second kappa shape index (κ2) is 5.30. The van der Waals surface area contributed by atoms with E-state index in [9.17, 15) is 14.7 Å². The maximum Gasteiger partial charge on any atom is 0.308 e. The van der Waals surface area contributed by atoms with Gasteiger partial charge in [-0.15, -0.1) is 0 Å². The fourth-order valence-corrected chi connectivity index (χ4v) is 2.39. The van der Waals surface area contributed by atoms with E-state index in [2.05, 4.69) is 0 Å². The molecule has 19 heavy (non-hydrogen) atoms. The molecule has 5 nitrogen and oxygen atoms in total. The van der Waals surface area contributed by atoms with E-state index in [0.29, 0.717) is 30.5 Å². The molecule has 1 atom stereocenters. The van der Waals surface area contributed by atoms with Crippen LogP contribution in [-0.4, -0.2) is 40.1 Å². The minimum atomic E-state index is -0.856. The first kappa shape index (κ1) is 13.4. The second-order valence-corrected chi connectivity index (χ2v) is 4.88. The van der Waals surface area contributed by atoms with Crippen LogP contribution in [0.1, 0.15) is 28.8 Å². The SMILES string of the molecule is Cc1c(O)cccc1C(=O)N1CCC[C@@H](C(=O)O)C1. The Hall–Kier alpha value is -2.04. The van der Waals surface area contributed by atoms with E-state index in [1.165, 1.54) is 6.07 Å². The molecule has 1 aliphatic heterocycles. The number of carboxylic acids is 1. The molecular formula is C14H17NO4. The molecule has 0 aliphatic carbocycles. The van der Waals surface area contributed by atoms with Crippen molar-refractivity contribution in [3.05, 3.63) is 29.3 Å². The summed E-state index contributed by atoms with van der Waals surface area (Å²) < 4.78 is 0. The third-order valence-electron chi connectivity index (χ3n) is 3.59. The van der Waals surface area contributed by atoms with Crippen molar-refractivity contribution in [3.63, 3.8) is 0 Å². The van der Waals surface area contributed by atoms with Gasteiger partial charge in [0.2, 0.25) is 0 Å². The van der Waals surface area contributed by atoms with Gasteiger partial charge in [-0.25, -0.2) is 0 Å². The molecule has 0 bridgehead atoms. The zero-order valence-electron chi connectivity index (χ0n) is 10.8. The molecule has 1 heterocycles. The highest BCUT2D eigenvalue weighted by atomic mass is 16.4. The third-order valence-corrected chi connectivity index (χ3v) is 3.59. The van der Waals surface area contributed by atoms with Gasteiger partial charge < -0.3 is 15.1 Å². The van der Waals surface area contributed by atoms with Gasteiger partial charge in [0.25, 0.3) is 5.91 Å². The minimum Gasteiger partial charge on any atom is -0.508 e. The molecule has 1 amide bonds. The summed E-state index contributed by atoms with van der Waals surface area (Å²) in [6, 6.07) is 4.80. The van der Waals surface area contributed by atoms with Crippen LogP contribution >= 0.6 is 0 Å². The van der Waals surface area contributed by atoms with Crippen LogP contribution < -0.4 is 0 Å². The fraction of sp³-hybridized carbons (Fsp3) is 0.429. The predicted octanol–water partition coefficient (Wildman–Crippen LogP) is 1.64. The van der Waals surface area contributed by atoms with Crippen molar-refractivity contribution < 1.29 is 19.8 Å². The summed E-state index contributed by atoms with van der Waals surface area (Å²) in [7, 11) is 0. The maximum absolute atomic E-state index is 12.4. The lowest BCUT2D eigenvalue weighted by Gasteiger charge is -2.31. The Kier molecular flexibility index (Phi) is 3.74. The smallest absolute Gasteiger partial charge is 0.308 e. The average molecular weight is 263 g/mol. The lowest BCUT2D eigenvalue weighted by atomic mass is 9.97. The number of hydrogen-bond acceptors (Lipinski definition) is 3. The van der Waals surface area contributed by atoms with E-state index in [1.54, 1.807) is 24.0 Å². The first-order valence-corrected chi connectivity index (χ1v) is 6.31. The van der Waals surface area contributed by atoms with Gasteiger partial charge in [0.1, 0.15) is 5.75 Å². The molecule has 0 unspecified atom stereocenters. The predicted molar refractivity (Wildman–Crippen MR) is 69.1 cm³/mol. The first-order chi connectivity index (χ1) is 9.00. The summed E-state index contributed by atoms with van der Waals surface area (Å²) >= 11 is 0. The van der Waals surface area contributed by atoms with Crippen LogP contribution in [-0.2, 0) is 4.79 Å². The van der Waals surface area contributed by atoms with Gasteiger partial charge in [0, 0.05) is 24.2 Å². The number of carbonyl (C=O) groups excluding carboxylic acids is 1. The lowest BCUT2D eigenvalue weighted by molar-refractivity contribution is -0.143. The number of likely N-dealkylation sites (tertiary alicyclic amines) is 1. The van der Waals surface area contributed by atoms with Crippen molar-refractivity contribution in [3.8, 4) is 5.75 Å². The molecular weight excluding hydrogens is 246 g/mol. The summed E-state index contributed by atoms with van der Waals surface area (Å²) in [6.07, 6.45) is 1.30. The summed E-state index contributed by atoms with van der Waals surface area (Å²) in [5, 5.41) is 18.7. The number of amides is 1. The van der Waals surface area contributed by atoms with E-state index in [1.807, 2.05) is 0 Å². The molecule has 1 aromatic carbocycles. The van der Waals surface area contributed by atoms with Crippen LogP contribution in [0.3, 0.4) is 0 Å².